The maximum absolute atomic E-state index is 3.80. The molecule has 1 aliphatic rings. The highest BCUT2D eigenvalue weighted by Crippen LogP contribution is 2.26. The summed E-state index contributed by atoms with van der Waals surface area (Å²) >= 11 is 0. The molecule has 1 fully saturated rings. The van der Waals surface area contributed by atoms with Crippen LogP contribution in [0.1, 0.15) is 59.3 Å². The Morgan fingerprint density at radius 1 is 1.06 bits per heavy atom. The largest absolute Gasteiger partial charge is 0.312 e. The zero-order valence-electron chi connectivity index (χ0n) is 12.2. The Hall–Kier alpha value is -0.0800. The van der Waals surface area contributed by atoms with Gasteiger partial charge in [0.1, 0.15) is 0 Å². The van der Waals surface area contributed by atoms with Crippen molar-refractivity contribution >= 4 is 0 Å². The summed E-state index contributed by atoms with van der Waals surface area (Å²) in [5, 5.41) is 3.80. The maximum atomic E-state index is 3.80. The number of hydrogen-bond donors (Lipinski definition) is 1. The van der Waals surface area contributed by atoms with Gasteiger partial charge in [-0.3, -0.25) is 0 Å². The second kappa shape index (κ2) is 8.93. The van der Waals surface area contributed by atoms with Crippen molar-refractivity contribution in [2.24, 2.45) is 5.92 Å². The van der Waals surface area contributed by atoms with Gasteiger partial charge in [-0.2, -0.15) is 0 Å². The van der Waals surface area contributed by atoms with E-state index in [2.05, 4.69) is 31.0 Å². The van der Waals surface area contributed by atoms with Crippen molar-refractivity contribution in [2.75, 3.05) is 26.2 Å². The summed E-state index contributed by atoms with van der Waals surface area (Å²) in [6, 6.07) is 0.732. The summed E-state index contributed by atoms with van der Waals surface area (Å²) in [5.74, 6) is 0.927. The van der Waals surface area contributed by atoms with Gasteiger partial charge in [-0.1, -0.05) is 40.0 Å². The van der Waals surface area contributed by atoms with E-state index in [9.17, 15) is 0 Å². The molecule has 0 aromatic carbocycles. The van der Waals surface area contributed by atoms with Gasteiger partial charge in [0.25, 0.3) is 0 Å². The van der Waals surface area contributed by atoms with E-state index < -0.39 is 0 Å². The molecule has 102 valence electrons. The first-order valence-electron chi connectivity index (χ1n) is 7.77. The van der Waals surface area contributed by atoms with Gasteiger partial charge in [-0.05, 0) is 44.8 Å². The molecule has 1 unspecified atom stereocenters. The van der Waals surface area contributed by atoms with Crippen LogP contribution >= 0.6 is 0 Å². The summed E-state index contributed by atoms with van der Waals surface area (Å²) in [6.07, 6.45) is 8.51. The first-order chi connectivity index (χ1) is 8.31. The summed E-state index contributed by atoms with van der Waals surface area (Å²) in [7, 11) is 0. The second-order valence-corrected chi connectivity index (χ2v) is 5.44. The van der Waals surface area contributed by atoms with E-state index >= 15 is 0 Å². The predicted octanol–water partition coefficient (Wildman–Crippen LogP) is 3.28. The average molecular weight is 240 g/mol. The summed E-state index contributed by atoms with van der Waals surface area (Å²) in [4.78, 5) is 2.57. The van der Waals surface area contributed by atoms with E-state index in [0.717, 1.165) is 12.0 Å². The van der Waals surface area contributed by atoms with E-state index in [4.69, 9.17) is 0 Å². The fourth-order valence-corrected chi connectivity index (χ4v) is 3.01. The summed E-state index contributed by atoms with van der Waals surface area (Å²) < 4.78 is 0. The predicted molar refractivity (Wildman–Crippen MR) is 76.4 cm³/mol. The van der Waals surface area contributed by atoms with Crippen molar-refractivity contribution in [1.82, 2.24) is 10.2 Å². The van der Waals surface area contributed by atoms with Gasteiger partial charge in [-0.25, -0.2) is 0 Å². The lowest BCUT2D eigenvalue weighted by Gasteiger charge is -2.34. The Morgan fingerprint density at radius 3 is 2.24 bits per heavy atom. The third-order valence-electron chi connectivity index (χ3n) is 4.22. The Bertz CT molecular complexity index is 172. The second-order valence-electron chi connectivity index (χ2n) is 5.44. The molecule has 2 heteroatoms. The van der Waals surface area contributed by atoms with Gasteiger partial charge < -0.3 is 10.2 Å². The molecule has 0 heterocycles. The summed E-state index contributed by atoms with van der Waals surface area (Å²) in [5.41, 5.74) is 0. The first-order valence-corrected chi connectivity index (χ1v) is 7.77. The molecule has 1 atom stereocenters. The van der Waals surface area contributed by atoms with Gasteiger partial charge >= 0.3 is 0 Å². The van der Waals surface area contributed by atoms with E-state index in [1.165, 1.54) is 64.7 Å². The number of nitrogens with zero attached hydrogens (tertiary/aromatic N) is 1. The smallest absolute Gasteiger partial charge is 0.0223 e. The Labute approximate surface area is 108 Å². The Kier molecular flexibility index (Phi) is 7.87. The molecule has 0 saturated heterocycles. The molecule has 0 spiro atoms. The lowest BCUT2D eigenvalue weighted by Crippen LogP contribution is -2.46. The normalized spacial score (nSPS) is 19.8. The van der Waals surface area contributed by atoms with Crippen LogP contribution in [0.3, 0.4) is 0 Å². The molecule has 0 aliphatic heterocycles. The lowest BCUT2D eigenvalue weighted by atomic mass is 9.83. The SMILES string of the molecule is CCCNC(CN(CC)CC)C1CCCCC1. The topological polar surface area (TPSA) is 15.3 Å². The third-order valence-corrected chi connectivity index (χ3v) is 4.22. The highest BCUT2D eigenvalue weighted by molar-refractivity contribution is 4.81. The van der Waals surface area contributed by atoms with Crippen molar-refractivity contribution in [3.05, 3.63) is 0 Å². The molecule has 0 bridgehead atoms. The molecule has 2 nitrogen and oxygen atoms in total. The minimum absolute atomic E-state index is 0.732. The van der Waals surface area contributed by atoms with Crippen molar-refractivity contribution in [3.63, 3.8) is 0 Å². The van der Waals surface area contributed by atoms with Crippen LogP contribution in [0.2, 0.25) is 0 Å². The van der Waals surface area contributed by atoms with Crippen LogP contribution in [0, 0.1) is 5.92 Å². The van der Waals surface area contributed by atoms with Crippen LogP contribution in [-0.4, -0.2) is 37.1 Å². The molecular formula is C15H32N2. The van der Waals surface area contributed by atoms with Crippen LogP contribution < -0.4 is 5.32 Å². The van der Waals surface area contributed by atoms with Gasteiger partial charge in [-0.15, -0.1) is 0 Å². The molecular weight excluding hydrogens is 208 g/mol. The lowest BCUT2D eigenvalue weighted by molar-refractivity contribution is 0.193. The molecule has 0 aromatic heterocycles. The fourth-order valence-electron chi connectivity index (χ4n) is 3.01. The number of nitrogens with one attached hydrogen (secondary N) is 1. The highest BCUT2D eigenvalue weighted by atomic mass is 15.1. The minimum Gasteiger partial charge on any atom is -0.312 e. The molecule has 1 N–H and O–H groups in total. The van der Waals surface area contributed by atoms with Crippen LogP contribution in [0.5, 0.6) is 0 Å². The van der Waals surface area contributed by atoms with Gasteiger partial charge in [0.2, 0.25) is 0 Å². The molecule has 0 radical (unpaired) electrons. The van der Waals surface area contributed by atoms with E-state index in [0.29, 0.717) is 0 Å². The Morgan fingerprint density at radius 2 is 1.71 bits per heavy atom. The molecule has 0 aromatic rings. The highest BCUT2D eigenvalue weighted by Gasteiger charge is 2.24. The molecule has 1 rings (SSSR count). The summed E-state index contributed by atoms with van der Waals surface area (Å²) in [6.45, 7) is 11.6. The van der Waals surface area contributed by atoms with Gasteiger partial charge in [0.05, 0.1) is 0 Å². The third kappa shape index (κ3) is 5.39. The standard InChI is InChI=1S/C15H32N2/c1-4-12-16-15(13-17(5-2)6-3)14-10-8-7-9-11-14/h14-16H,4-13H2,1-3H3. The quantitative estimate of drug-likeness (QED) is 0.700. The van der Waals surface area contributed by atoms with E-state index in [-0.39, 0.29) is 0 Å². The van der Waals surface area contributed by atoms with Gasteiger partial charge in [0.15, 0.2) is 0 Å². The van der Waals surface area contributed by atoms with Crippen LogP contribution in [0.15, 0.2) is 0 Å². The Balaban J connectivity index is 2.45. The van der Waals surface area contributed by atoms with Crippen molar-refractivity contribution < 1.29 is 0 Å². The number of hydrogen-bond acceptors (Lipinski definition) is 2. The van der Waals surface area contributed by atoms with Crippen LogP contribution in [0.25, 0.3) is 0 Å². The average Bonchev–Trinajstić information content (AvgIpc) is 2.40. The van der Waals surface area contributed by atoms with Gasteiger partial charge in [0, 0.05) is 12.6 Å². The van der Waals surface area contributed by atoms with Crippen molar-refractivity contribution in [3.8, 4) is 0 Å². The molecule has 1 saturated carbocycles. The van der Waals surface area contributed by atoms with Crippen LogP contribution in [0.4, 0.5) is 0 Å². The van der Waals surface area contributed by atoms with Crippen molar-refractivity contribution in [2.45, 2.75) is 65.3 Å². The molecule has 1 aliphatic carbocycles. The molecule has 0 amide bonds. The zero-order chi connectivity index (χ0) is 12.5. The number of rotatable bonds is 8. The first kappa shape index (κ1) is 15.0. The number of likely N-dealkylation sites (N-methyl/N-ethyl adjacent to an activating group) is 1. The minimum atomic E-state index is 0.732. The van der Waals surface area contributed by atoms with Crippen LogP contribution in [-0.2, 0) is 0 Å². The zero-order valence-corrected chi connectivity index (χ0v) is 12.2. The van der Waals surface area contributed by atoms with E-state index in [1.54, 1.807) is 0 Å². The monoisotopic (exact) mass is 240 g/mol. The fraction of sp³-hybridized carbons (Fsp3) is 1.00. The molecule has 17 heavy (non-hydrogen) atoms. The maximum Gasteiger partial charge on any atom is 0.0223 e. The van der Waals surface area contributed by atoms with E-state index in [1.807, 2.05) is 0 Å². The van der Waals surface area contributed by atoms with Crippen molar-refractivity contribution in [1.29, 1.82) is 0 Å².